The third-order valence-electron chi connectivity index (χ3n) is 5.75. The van der Waals surface area contributed by atoms with Crippen molar-refractivity contribution in [2.45, 2.75) is 50.6 Å². The maximum Gasteiger partial charge on any atom is 0.243 e. The van der Waals surface area contributed by atoms with E-state index in [1.807, 2.05) is 86.6 Å². The first-order valence-corrected chi connectivity index (χ1v) is 12.9. The number of aryl methyl sites for hydroxylation is 1. The van der Waals surface area contributed by atoms with Crippen LogP contribution < -0.4 is 5.32 Å². The third kappa shape index (κ3) is 7.77. The first-order valence-electron chi connectivity index (χ1n) is 11.9. The Kier molecular flexibility index (Phi) is 10.2. The van der Waals surface area contributed by atoms with E-state index in [1.165, 1.54) is 0 Å². The van der Waals surface area contributed by atoms with E-state index in [-0.39, 0.29) is 11.8 Å². The second-order valence-corrected chi connectivity index (χ2v) is 9.52. The Morgan fingerprint density at radius 3 is 2.24 bits per heavy atom. The van der Waals surface area contributed by atoms with Gasteiger partial charge in [-0.2, -0.15) is 0 Å². The zero-order valence-electron chi connectivity index (χ0n) is 20.1. The molecular formula is C29H34N2O2S. The van der Waals surface area contributed by atoms with E-state index >= 15 is 0 Å². The average molecular weight is 475 g/mol. The lowest BCUT2D eigenvalue weighted by molar-refractivity contribution is -0.141. The second-order valence-electron chi connectivity index (χ2n) is 8.36. The summed E-state index contributed by atoms with van der Waals surface area (Å²) < 4.78 is 0. The van der Waals surface area contributed by atoms with Gasteiger partial charge in [-0.3, -0.25) is 9.59 Å². The number of benzene rings is 3. The summed E-state index contributed by atoms with van der Waals surface area (Å²) in [6.07, 6.45) is 1.71. The number of hydrogen-bond acceptors (Lipinski definition) is 3. The molecule has 0 bridgehead atoms. The summed E-state index contributed by atoms with van der Waals surface area (Å²) in [5.74, 6) is 0.574. The van der Waals surface area contributed by atoms with Crippen molar-refractivity contribution in [3.8, 4) is 0 Å². The van der Waals surface area contributed by atoms with Crippen LogP contribution in [0.1, 0.15) is 36.5 Å². The molecule has 2 amide bonds. The smallest absolute Gasteiger partial charge is 0.243 e. The first kappa shape index (κ1) is 25.6. The summed E-state index contributed by atoms with van der Waals surface area (Å²) in [7, 11) is 0. The number of carbonyl (C=O) groups is 2. The fourth-order valence-corrected chi connectivity index (χ4v) is 4.67. The normalized spacial score (nSPS) is 11.6. The van der Waals surface area contributed by atoms with Crippen LogP contribution in [0.3, 0.4) is 0 Å². The van der Waals surface area contributed by atoms with Gasteiger partial charge in [0.15, 0.2) is 0 Å². The van der Waals surface area contributed by atoms with Crippen LogP contribution in [0.25, 0.3) is 0 Å². The number of hydrogen-bond donors (Lipinski definition) is 1. The Morgan fingerprint density at radius 2 is 1.56 bits per heavy atom. The molecule has 34 heavy (non-hydrogen) atoms. The van der Waals surface area contributed by atoms with Crippen molar-refractivity contribution in [1.82, 2.24) is 10.2 Å². The Hall–Kier alpha value is -3.05. The van der Waals surface area contributed by atoms with Crippen molar-refractivity contribution in [1.29, 1.82) is 0 Å². The number of carbonyl (C=O) groups excluding carboxylic acids is 2. The summed E-state index contributed by atoms with van der Waals surface area (Å²) >= 11 is 1.67. The molecule has 3 aromatic carbocycles. The van der Waals surface area contributed by atoms with Gasteiger partial charge in [-0.25, -0.2) is 0 Å². The van der Waals surface area contributed by atoms with Gasteiger partial charge in [-0.15, -0.1) is 11.8 Å². The van der Waals surface area contributed by atoms with Crippen LogP contribution in [0.15, 0.2) is 89.8 Å². The van der Waals surface area contributed by atoms with Crippen molar-refractivity contribution >= 4 is 23.6 Å². The molecule has 0 fully saturated rings. The summed E-state index contributed by atoms with van der Waals surface area (Å²) in [5, 5.41) is 3.03. The van der Waals surface area contributed by atoms with Gasteiger partial charge >= 0.3 is 0 Å². The van der Waals surface area contributed by atoms with Crippen LogP contribution in [0.2, 0.25) is 0 Å². The molecule has 3 aromatic rings. The molecule has 0 unspecified atom stereocenters. The molecule has 1 N–H and O–H groups in total. The quantitative estimate of drug-likeness (QED) is 0.346. The minimum absolute atomic E-state index is 0.000682. The molecule has 1 atom stereocenters. The van der Waals surface area contributed by atoms with Crippen LogP contribution in [0, 0.1) is 6.92 Å². The molecule has 0 aliphatic heterocycles. The van der Waals surface area contributed by atoms with Crippen LogP contribution in [-0.4, -0.2) is 35.1 Å². The van der Waals surface area contributed by atoms with Gasteiger partial charge in [-0.05, 0) is 42.2 Å². The fraction of sp³-hybridized carbons (Fsp3) is 0.310. The molecular weight excluding hydrogens is 440 g/mol. The summed E-state index contributed by atoms with van der Waals surface area (Å²) in [6.45, 7) is 5.09. The number of rotatable bonds is 12. The Bertz CT molecular complexity index is 1040. The highest BCUT2D eigenvalue weighted by atomic mass is 32.2. The van der Waals surface area contributed by atoms with Crippen LogP contribution >= 0.6 is 11.8 Å². The van der Waals surface area contributed by atoms with Gasteiger partial charge in [0, 0.05) is 36.6 Å². The number of nitrogens with zero attached hydrogens (tertiary/aromatic N) is 1. The van der Waals surface area contributed by atoms with Crippen LogP contribution in [-0.2, 0) is 22.6 Å². The van der Waals surface area contributed by atoms with E-state index in [4.69, 9.17) is 0 Å². The molecule has 0 heterocycles. The SMILES string of the molecule is CCCNC(=O)[C@H](Cc1ccccc1)N(Cc1ccccc1C)C(=O)CCSc1ccccc1. The molecule has 3 rings (SSSR count). The predicted octanol–water partition coefficient (Wildman–Crippen LogP) is 5.64. The van der Waals surface area contributed by atoms with E-state index in [0.717, 1.165) is 28.0 Å². The van der Waals surface area contributed by atoms with Gasteiger partial charge in [0.05, 0.1) is 0 Å². The van der Waals surface area contributed by atoms with Gasteiger partial charge < -0.3 is 10.2 Å². The maximum atomic E-state index is 13.6. The molecule has 0 aromatic heterocycles. The molecule has 0 saturated heterocycles. The molecule has 0 aliphatic rings. The van der Waals surface area contributed by atoms with Crippen molar-refractivity contribution in [2.75, 3.05) is 12.3 Å². The van der Waals surface area contributed by atoms with Crippen molar-refractivity contribution in [2.24, 2.45) is 0 Å². The van der Waals surface area contributed by atoms with Crippen molar-refractivity contribution in [3.05, 3.63) is 102 Å². The highest BCUT2D eigenvalue weighted by Crippen LogP contribution is 2.21. The maximum absolute atomic E-state index is 13.6. The fourth-order valence-electron chi connectivity index (χ4n) is 3.81. The molecule has 0 radical (unpaired) electrons. The highest BCUT2D eigenvalue weighted by Gasteiger charge is 2.30. The lowest BCUT2D eigenvalue weighted by atomic mass is 10.0. The van der Waals surface area contributed by atoms with E-state index in [0.29, 0.717) is 31.7 Å². The van der Waals surface area contributed by atoms with Crippen molar-refractivity contribution in [3.63, 3.8) is 0 Å². The van der Waals surface area contributed by atoms with Crippen LogP contribution in [0.5, 0.6) is 0 Å². The zero-order valence-corrected chi connectivity index (χ0v) is 20.9. The lowest BCUT2D eigenvalue weighted by Gasteiger charge is -2.32. The molecule has 0 saturated carbocycles. The topological polar surface area (TPSA) is 49.4 Å². The molecule has 178 valence electrons. The third-order valence-corrected chi connectivity index (χ3v) is 6.76. The van der Waals surface area contributed by atoms with Gasteiger partial charge in [-0.1, -0.05) is 79.7 Å². The van der Waals surface area contributed by atoms with E-state index in [9.17, 15) is 9.59 Å². The summed E-state index contributed by atoms with van der Waals surface area (Å²) in [5.41, 5.74) is 3.22. The second kappa shape index (κ2) is 13.6. The Balaban J connectivity index is 1.84. The summed E-state index contributed by atoms with van der Waals surface area (Å²) in [6, 6.07) is 27.5. The molecule has 0 spiro atoms. The molecule has 0 aliphatic carbocycles. The minimum atomic E-state index is -0.567. The Morgan fingerprint density at radius 1 is 0.912 bits per heavy atom. The average Bonchev–Trinajstić information content (AvgIpc) is 2.87. The number of thioether (sulfide) groups is 1. The predicted molar refractivity (Wildman–Crippen MR) is 141 cm³/mol. The van der Waals surface area contributed by atoms with Gasteiger partial charge in [0.1, 0.15) is 6.04 Å². The zero-order chi connectivity index (χ0) is 24.2. The summed E-state index contributed by atoms with van der Waals surface area (Å²) in [4.78, 5) is 29.8. The van der Waals surface area contributed by atoms with Crippen molar-refractivity contribution < 1.29 is 9.59 Å². The standard InChI is InChI=1S/C29H34N2O2S/c1-3-19-30-29(33)27(21-24-13-6-4-7-14-24)31(22-25-15-11-10-12-23(25)2)28(32)18-20-34-26-16-8-5-9-17-26/h4-17,27H,3,18-22H2,1-2H3,(H,30,33)/t27-/m0/s1. The highest BCUT2D eigenvalue weighted by molar-refractivity contribution is 7.99. The Labute approximate surface area is 207 Å². The van der Waals surface area contributed by atoms with Gasteiger partial charge in [0.25, 0.3) is 0 Å². The van der Waals surface area contributed by atoms with E-state index in [1.54, 1.807) is 16.7 Å². The van der Waals surface area contributed by atoms with Gasteiger partial charge in [0.2, 0.25) is 11.8 Å². The lowest BCUT2D eigenvalue weighted by Crippen LogP contribution is -2.50. The number of amides is 2. The monoisotopic (exact) mass is 474 g/mol. The van der Waals surface area contributed by atoms with E-state index in [2.05, 4.69) is 17.4 Å². The minimum Gasteiger partial charge on any atom is -0.354 e. The largest absolute Gasteiger partial charge is 0.354 e. The van der Waals surface area contributed by atoms with Crippen LogP contribution in [0.4, 0.5) is 0 Å². The van der Waals surface area contributed by atoms with E-state index < -0.39 is 6.04 Å². The molecule has 4 nitrogen and oxygen atoms in total. The first-order chi connectivity index (χ1) is 16.6. The number of nitrogens with one attached hydrogen (secondary N) is 1. The molecule has 5 heteroatoms.